The van der Waals surface area contributed by atoms with Gasteiger partial charge in [-0.25, -0.2) is 4.98 Å². The summed E-state index contributed by atoms with van der Waals surface area (Å²) in [7, 11) is 0. The van der Waals surface area contributed by atoms with E-state index in [-0.39, 0.29) is 5.41 Å². The zero-order valence-corrected chi connectivity index (χ0v) is 35.6. The molecule has 2 aromatic heterocycles. The van der Waals surface area contributed by atoms with Gasteiger partial charge in [-0.1, -0.05) is 185 Å². The van der Waals surface area contributed by atoms with Crippen LogP contribution in [0.15, 0.2) is 218 Å². The molecule has 2 aliphatic carbocycles. The molecule has 2 aliphatic rings. The second kappa shape index (κ2) is 14.2. The van der Waals surface area contributed by atoms with Crippen LogP contribution < -0.4 is 4.90 Å². The van der Waals surface area contributed by atoms with Crippen molar-refractivity contribution >= 4 is 28.0 Å². The van der Waals surface area contributed by atoms with E-state index < -0.39 is 5.41 Å². The fourth-order valence-electron chi connectivity index (χ4n) is 10.5. The summed E-state index contributed by atoms with van der Waals surface area (Å²) >= 11 is 0. The molecule has 3 nitrogen and oxygen atoms in total. The second-order valence-corrected chi connectivity index (χ2v) is 17.9. The maximum absolute atomic E-state index is 5.35. The highest BCUT2D eigenvalue weighted by molar-refractivity contribution is 6.06. The van der Waals surface area contributed by atoms with E-state index in [2.05, 4.69) is 249 Å². The molecule has 8 aromatic carbocycles. The van der Waals surface area contributed by atoms with Gasteiger partial charge in [0.2, 0.25) is 0 Å². The van der Waals surface area contributed by atoms with Gasteiger partial charge < -0.3 is 9.47 Å². The first-order valence-corrected chi connectivity index (χ1v) is 22.0. The molecule has 1 spiro atoms. The number of aromatic nitrogens is 2. The van der Waals surface area contributed by atoms with E-state index in [4.69, 9.17) is 4.98 Å². The Balaban J connectivity index is 1.25. The summed E-state index contributed by atoms with van der Waals surface area (Å²) in [6, 6.07) is 80.0. The Kier molecular flexibility index (Phi) is 8.32. The highest BCUT2D eigenvalue weighted by atomic mass is 15.1. The summed E-state index contributed by atoms with van der Waals surface area (Å²) in [6.45, 7) is 6.99. The molecule has 0 saturated carbocycles. The van der Waals surface area contributed by atoms with E-state index >= 15 is 0 Å². The van der Waals surface area contributed by atoms with Gasteiger partial charge in [-0.3, -0.25) is 0 Å². The lowest BCUT2D eigenvalue weighted by Crippen LogP contribution is -2.26. The molecule has 10 aromatic rings. The van der Waals surface area contributed by atoms with Crippen LogP contribution in [0.25, 0.3) is 61.5 Å². The first kappa shape index (κ1) is 37.0. The molecule has 0 fully saturated rings. The third-order valence-corrected chi connectivity index (χ3v) is 13.3. The Morgan fingerprint density at radius 1 is 0.444 bits per heavy atom. The maximum atomic E-state index is 5.35. The monoisotopic (exact) mass is 807 g/mol. The molecule has 3 heteroatoms. The number of hydrogen-bond donors (Lipinski definition) is 0. The molecule has 63 heavy (non-hydrogen) atoms. The summed E-state index contributed by atoms with van der Waals surface area (Å²) in [5.41, 5.74) is 20.7. The molecule has 0 aliphatic heterocycles. The van der Waals surface area contributed by atoms with Crippen LogP contribution in [-0.4, -0.2) is 9.55 Å². The second-order valence-electron chi connectivity index (χ2n) is 17.9. The lowest BCUT2D eigenvalue weighted by molar-refractivity contribution is 0.588. The standard InChI is InChI=1S/C60H45N3/c1-59(2,3)42-32-34-48-47-28-16-18-30-51(47)60(53(48)36-42)52-31-19-17-29-49(52)58-57(60)50-37-45(62(43-24-12-6-13-25-43)44-26-14-7-15-27-44)33-35-56(50)63(58)46-38-54(40-20-8-4-9-21-40)61-55(39-46)41-22-10-5-11-23-41/h4-39H,1-3H3. The molecule has 0 saturated heterocycles. The molecule has 0 radical (unpaired) electrons. The number of benzene rings is 8. The minimum absolute atomic E-state index is 0.0439. The lowest BCUT2D eigenvalue weighted by atomic mass is 9.69. The summed E-state index contributed by atoms with van der Waals surface area (Å²) < 4.78 is 2.55. The van der Waals surface area contributed by atoms with Crippen molar-refractivity contribution in [2.75, 3.05) is 4.90 Å². The molecule has 1 unspecified atom stereocenters. The molecular weight excluding hydrogens is 763 g/mol. The lowest BCUT2D eigenvalue weighted by Gasteiger charge is -2.32. The minimum atomic E-state index is -0.580. The number of para-hydroxylation sites is 2. The van der Waals surface area contributed by atoms with Gasteiger partial charge in [-0.2, -0.15) is 0 Å². The highest BCUT2D eigenvalue weighted by Crippen LogP contribution is 2.65. The van der Waals surface area contributed by atoms with Crippen LogP contribution in [0, 0.1) is 0 Å². The zero-order chi connectivity index (χ0) is 42.3. The fourth-order valence-corrected chi connectivity index (χ4v) is 10.5. The average molecular weight is 808 g/mol. The smallest absolute Gasteiger partial charge is 0.0747 e. The van der Waals surface area contributed by atoms with Crippen LogP contribution in [0.2, 0.25) is 0 Å². The summed E-state index contributed by atoms with van der Waals surface area (Å²) in [6.07, 6.45) is 0. The van der Waals surface area contributed by atoms with Gasteiger partial charge in [0, 0.05) is 44.7 Å². The van der Waals surface area contributed by atoms with E-state index in [0.717, 1.165) is 50.8 Å². The van der Waals surface area contributed by atoms with Gasteiger partial charge in [0.1, 0.15) is 0 Å². The van der Waals surface area contributed by atoms with Crippen LogP contribution in [-0.2, 0) is 10.8 Å². The van der Waals surface area contributed by atoms with Crippen LogP contribution in [0.1, 0.15) is 48.6 Å². The normalized spacial score (nSPS) is 14.7. The zero-order valence-electron chi connectivity index (χ0n) is 35.6. The molecule has 0 N–H and O–H groups in total. The van der Waals surface area contributed by atoms with Crippen molar-refractivity contribution in [3.63, 3.8) is 0 Å². The predicted molar refractivity (Wildman–Crippen MR) is 262 cm³/mol. The minimum Gasteiger partial charge on any atom is -0.310 e. The SMILES string of the molecule is CC(C)(C)c1ccc2c(c1)C1(c3ccccc3-2)c2ccccc2-c2c1c1cc(N(c3ccccc3)c3ccccc3)ccc1n2-c1cc(-c2ccccc2)nc(-c2ccccc2)c1. The topological polar surface area (TPSA) is 21.1 Å². The van der Waals surface area contributed by atoms with Gasteiger partial charge in [-0.15, -0.1) is 0 Å². The van der Waals surface area contributed by atoms with E-state index in [1.165, 1.54) is 55.6 Å². The van der Waals surface area contributed by atoms with Gasteiger partial charge >= 0.3 is 0 Å². The molecule has 0 bridgehead atoms. The van der Waals surface area contributed by atoms with E-state index in [1.54, 1.807) is 0 Å². The van der Waals surface area contributed by atoms with Crippen LogP contribution in [0.5, 0.6) is 0 Å². The molecule has 1 atom stereocenters. The first-order valence-electron chi connectivity index (χ1n) is 22.0. The van der Waals surface area contributed by atoms with Crippen LogP contribution >= 0.6 is 0 Å². The number of pyridine rings is 1. The molecule has 0 amide bonds. The Morgan fingerprint density at radius 3 is 1.54 bits per heavy atom. The van der Waals surface area contributed by atoms with Crippen molar-refractivity contribution < 1.29 is 0 Å². The summed E-state index contributed by atoms with van der Waals surface area (Å²) in [5, 5.41) is 1.22. The van der Waals surface area contributed by atoms with Crippen molar-refractivity contribution in [1.82, 2.24) is 9.55 Å². The maximum Gasteiger partial charge on any atom is 0.0747 e. The third-order valence-electron chi connectivity index (χ3n) is 13.3. The van der Waals surface area contributed by atoms with E-state index in [9.17, 15) is 0 Å². The molecule has 300 valence electrons. The number of rotatable bonds is 6. The molecular formula is C60H45N3. The van der Waals surface area contributed by atoms with Gasteiger partial charge in [0.25, 0.3) is 0 Å². The number of nitrogens with zero attached hydrogens (tertiary/aromatic N) is 3. The molecule has 2 heterocycles. The van der Waals surface area contributed by atoms with Crippen molar-refractivity contribution in [3.05, 3.63) is 246 Å². The Hall–Kier alpha value is -7.75. The Labute approximate surface area is 369 Å². The number of anilines is 3. The highest BCUT2D eigenvalue weighted by Gasteiger charge is 2.54. The van der Waals surface area contributed by atoms with Gasteiger partial charge in [0.05, 0.1) is 33.7 Å². The van der Waals surface area contributed by atoms with Crippen LogP contribution in [0.3, 0.4) is 0 Å². The fraction of sp³-hybridized carbons (Fsp3) is 0.0833. The number of hydrogen-bond acceptors (Lipinski definition) is 2. The first-order chi connectivity index (χ1) is 30.9. The Bertz CT molecular complexity index is 3260. The predicted octanol–water partition coefficient (Wildman–Crippen LogP) is 15.5. The number of fused-ring (bicyclic) bond motifs is 12. The van der Waals surface area contributed by atoms with E-state index in [0.29, 0.717) is 0 Å². The van der Waals surface area contributed by atoms with Gasteiger partial charge in [0.15, 0.2) is 0 Å². The summed E-state index contributed by atoms with van der Waals surface area (Å²) in [5.74, 6) is 0. The van der Waals surface area contributed by atoms with Gasteiger partial charge in [-0.05, 0) is 93.4 Å². The van der Waals surface area contributed by atoms with E-state index in [1.807, 2.05) is 0 Å². The van der Waals surface area contributed by atoms with Crippen molar-refractivity contribution in [3.8, 4) is 50.6 Å². The van der Waals surface area contributed by atoms with Crippen molar-refractivity contribution in [2.24, 2.45) is 0 Å². The Morgan fingerprint density at radius 2 is 0.952 bits per heavy atom. The summed E-state index contributed by atoms with van der Waals surface area (Å²) in [4.78, 5) is 7.74. The third kappa shape index (κ3) is 5.63. The molecule has 12 rings (SSSR count). The quantitative estimate of drug-likeness (QED) is 0.167. The van der Waals surface area contributed by atoms with Crippen molar-refractivity contribution in [1.29, 1.82) is 0 Å². The van der Waals surface area contributed by atoms with Crippen LogP contribution in [0.4, 0.5) is 17.1 Å². The average Bonchev–Trinajstić information content (AvgIpc) is 3.94. The van der Waals surface area contributed by atoms with Crippen molar-refractivity contribution in [2.45, 2.75) is 31.6 Å². The largest absolute Gasteiger partial charge is 0.310 e.